The van der Waals surface area contributed by atoms with E-state index >= 15 is 0 Å². The van der Waals surface area contributed by atoms with Gasteiger partial charge in [0.25, 0.3) is 5.91 Å². The van der Waals surface area contributed by atoms with Gasteiger partial charge >= 0.3 is 0 Å². The summed E-state index contributed by atoms with van der Waals surface area (Å²) in [6, 6.07) is 18.0. The molecule has 0 unspecified atom stereocenters. The molecule has 2 aromatic rings. The number of benzene rings is 2. The van der Waals surface area contributed by atoms with Gasteiger partial charge in [-0.05, 0) is 36.4 Å². The minimum atomic E-state index is -0.289. The molecule has 1 fully saturated rings. The molecular weight excluding hydrogens is 290 g/mol. The first-order valence-electron chi connectivity index (χ1n) is 6.88. The lowest BCUT2D eigenvalue weighted by atomic mass is 10.2. The Hall–Kier alpha value is -3.59. The van der Waals surface area contributed by atoms with Gasteiger partial charge in [-0.15, -0.1) is 0 Å². The van der Waals surface area contributed by atoms with Crippen molar-refractivity contribution in [3.8, 4) is 6.07 Å². The van der Waals surface area contributed by atoms with E-state index in [9.17, 15) is 4.79 Å². The largest absolute Gasteiger partial charge is 0.299 e. The molecule has 0 radical (unpaired) electrons. The molecule has 2 N–H and O–H groups in total. The monoisotopic (exact) mass is 303 g/mol. The first-order chi connectivity index (χ1) is 11.2. The van der Waals surface area contributed by atoms with Gasteiger partial charge in [-0.3, -0.25) is 15.6 Å². The number of nitrogens with zero attached hydrogens (tertiary/aromatic N) is 3. The lowest BCUT2D eigenvalue weighted by molar-refractivity contribution is -0.112. The highest BCUT2D eigenvalue weighted by atomic mass is 16.2. The van der Waals surface area contributed by atoms with Gasteiger partial charge in [0.2, 0.25) is 0 Å². The topological polar surface area (TPSA) is 80.5 Å². The van der Waals surface area contributed by atoms with Gasteiger partial charge in [-0.1, -0.05) is 24.8 Å². The van der Waals surface area contributed by atoms with Crippen LogP contribution in [-0.2, 0) is 4.79 Å². The summed E-state index contributed by atoms with van der Waals surface area (Å²) < 4.78 is 0. The Kier molecular flexibility index (Phi) is 3.77. The predicted molar refractivity (Wildman–Crippen MR) is 88.4 cm³/mol. The van der Waals surface area contributed by atoms with E-state index in [0.717, 1.165) is 0 Å². The van der Waals surface area contributed by atoms with Crippen LogP contribution in [0.5, 0.6) is 0 Å². The van der Waals surface area contributed by atoms with Crippen LogP contribution in [0.2, 0.25) is 0 Å². The molecule has 6 nitrogen and oxygen atoms in total. The van der Waals surface area contributed by atoms with Gasteiger partial charge < -0.3 is 0 Å². The summed E-state index contributed by atoms with van der Waals surface area (Å²) in [6.45, 7) is 3.81. The third-order valence-electron chi connectivity index (χ3n) is 3.26. The number of anilines is 2. The maximum absolute atomic E-state index is 12.4. The van der Waals surface area contributed by atoms with E-state index in [4.69, 9.17) is 5.26 Å². The SMILES string of the molecule is C=C1NN(c2ccccc2)C(=O)C1=NNc1ccc(C#N)cc1. The predicted octanol–water partition coefficient (Wildman–Crippen LogP) is 2.39. The molecule has 2 aromatic carbocycles. The molecule has 1 aliphatic heterocycles. The molecule has 1 saturated heterocycles. The maximum Gasteiger partial charge on any atom is 0.299 e. The smallest absolute Gasteiger partial charge is 0.289 e. The number of nitrogens with one attached hydrogen (secondary N) is 2. The maximum atomic E-state index is 12.4. The molecule has 1 heterocycles. The molecule has 0 spiro atoms. The van der Waals surface area contributed by atoms with Crippen LogP contribution >= 0.6 is 0 Å². The Morgan fingerprint density at radius 3 is 2.48 bits per heavy atom. The number of hydrazine groups is 1. The summed E-state index contributed by atoms with van der Waals surface area (Å²) in [5.41, 5.74) is 8.27. The highest BCUT2D eigenvalue weighted by Crippen LogP contribution is 2.18. The zero-order chi connectivity index (χ0) is 16.2. The van der Waals surface area contributed by atoms with Crippen LogP contribution in [0.1, 0.15) is 5.56 Å². The minimum absolute atomic E-state index is 0.207. The molecule has 0 saturated carbocycles. The second-order valence-corrected chi connectivity index (χ2v) is 4.83. The Bertz CT molecular complexity index is 818. The summed E-state index contributed by atoms with van der Waals surface area (Å²) in [5.74, 6) is -0.289. The van der Waals surface area contributed by atoms with Crippen LogP contribution < -0.4 is 15.9 Å². The van der Waals surface area contributed by atoms with Crippen molar-refractivity contribution in [2.75, 3.05) is 10.4 Å². The van der Waals surface area contributed by atoms with E-state index in [2.05, 4.69) is 22.5 Å². The van der Waals surface area contributed by atoms with Crippen LogP contribution in [0.4, 0.5) is 11.4 Å². The highest BCUT2D eigenvalue weighted by Gasteiger charge is 2.32. The Morgan fingerprint density at radius 1 is 1.13 bits per heavy atom. The minimum Gasteiger partial charge on any atom is -0.289 e. The number of rotatable bonds is 3. The number of nitriles is 1. The molecule has 23 heavy (non-hydrogen) atoms. The molecule has 1 amide bonds. The average molecular weight is 303 g/mol. The van der Waals surface area contributed by atoms with Crippen LogP contribution in [0, 0.1) is 11.3 Å². The van der Waals surface area contributed by atoms with Gasteiger partial charge in [-0.25, -0.2) is 5.01 Å². The fraction of sp³-hybridized carbons (Fsp3) is 0. The van der Waals surface area contributed by atoms with E-state index in [0.29, 0.717) is 22.6 Å². The van der Waals surface area contributed by atoms with E-state index < -0.39 is 0 Å². The molecule has 6 heteroatoms. The molecule has 112 valence electrons. The number of para-hydroxylation sites is 1. The average Bonchev–Trinajstić information content (AvgIpc) is 2.88. The highest BCUT2D eigenvalue weighted by molar-refractivity contribution is 6.51. The quantitative estimate of drug-likeness (QED) is 0.853. The number of carbonyl (C=O) groups is 1. The van der Waals surface area contributed by atoms with E-state index in [1.807, 2.05) is 36.4 Å². The third-order valence-corrected chi connectivity index (χ3v) is 3.26. The van der Waals surface area contributed by atoms with Crippen molar-refractivity contribution in [3.05, 3.63) is 72.4 Å². The Balaban J connectivity index is 1.78. The van der Waals surface area contributed by atoms with E-state index in [1.54, 1.807) is 24.3 Å². The normalized spacial score (nSPS) is 15.4. The number of amides is 1. The van der Waals surface area contributed by atoms with Gasteiger partial charge in [0.05, 0.1) is 28.7 Å². The second-order valence-electron chi connectivity index (χ2n) is 4.83. The van der Waals surface area contributed by atoms with Crippen molar-refractivity contribution >= 4 is 23.0 Å². The number of hydrazone groups is 1. The van der Waals surface area contributed by atoms with Crippen molar-refractivity contribution in [1.82, 2.24) is 5.43 Å². The summed E-state index contributed by atoms with van der Waals surface area (Å²) in [7, 11) is 0. The molecule has 0 bridgehead atoms. The zero-order valence-corrected chi connectivity index (χ0v) is 12.2. The van der Waals surface area contributed by atoms with Crippen molar-refractivity contribution in [2.24, 2.45) is 5.10 Å². The summed E-state index contributed by atoms with van der Waals surface area (Å²) in [4.78, 5) is 12.4. The third kappa shape index (κ3) is 2.89. The van der Waals surface area contributed by atoms with E-state index in [-0.39, 0.29) is 11.6 Å². The summed E-state index contributed by atoms with van der Waals surface area (Å²) in [5, 5.41) is 14.3. The van der Waals surface area contributed by atoms with Gasteiger partial charge in [0, 0.05) is 0 Å². The fourth-order valence-corrected chi connectivity index (χ4v) is 2.09. The van der Waals surface area contributed by atoms with Gasteiger partial charge in [0.1, 0.15) is 0 Å². The molecule has 0 aliphatic carbocycles. The van der Waals surface area contributed by atoms with Crippen LogP contribution in [-0.4, -0.2) is 11.6 Å². The number of hydrogen-bond donors (Lipinski definition) is 2. The Morgan fingerprint density at radius 2 is 1.83 bits per heavy atom. The van der Waals surface area contributed by atoms with Crippen LogP contribution in [0.3, 0.4) is 0 Å². The summed E-state index contributed by atoms with van der Waals surface area (Å²) in [6.07, 6.45) is 0. The molecule has 0 atom stereocenters. The molecule has 3 rings (SSSR count). The summed E-state index contributed by atoms with van der Waals surface area (Å²) >= 11 is 0. The molecule has 0 aromatic heterocycles. The fourth-order valence-electron chi connectivity index (χ4n) is 2.09. The second kappa shape index (κ2) is 6.03. The van der Waals surface area contributed by atoms with Crippen LogP contribution in [0.25, 0.3) is 0 Å². The standard InChI is InChI=1S/C17H13N5O/c1-12-16(20-19-14-9-7-13(11-18)8-10-14)17(23)22(21-12)15-5-3-2-4-6-15/h2-10,19,21H,1H2. The number of carbonyl (C=O) groups excluding carboxylic acids is 1. The van der Waals surface area contributed by atoms with Crippen molar-refractivity contribution < 1.29 is 4.79 Å². The lowest BCUT2D eigenvalue weighted by Crippen LogP contribution is -2.34. The zero-order valence-electron chi connectivity index (χ0n) is 12.2. The first kappa shape index (κ1) is 14.4. The first-order valence-corrected chi connectivity index (χ1v) is 6.88. The van der Waals surface area contributed by atoms with Gasteiger partial charge in [0.15, 0.2) is 5.71 Å². The van der Waals surface area contributed by atoms with Crippen molar-refractivity contribution in [1.29, 1.82) is 5.26 Å². The number of hydrogen-bond acceptors (Lipinski definition) is 5. The van der Waals surface area contributed by atoms with Crippen molar-refractivity contribution in [2.45, 2.75) is 0 Å². The van der Waals surface area contributed by atoms with Crippen LogP contribution in [0.15, 0.2) is 72.0 Å². The van der Waals surface area contributed by atoms with Gasteiger partial charge in [-0.2, -0.15) is 10.4 Å². The van der Waals surface area contributed by atoms with E-state index in [1.165, 1.54) is 5.01 Å². The lowest BCUT2D eigenvalue weighted by Gasteiger charge is -2.14. The molecule has 1 aliphatic rings. The van der Waals surface area contributed by atoms with Crippen molar-refractivity contribution in [3.63, 3.8) is 0 Å². The molecular formula is C17H13N5O. The Labute approximate surface area is 133 Å².